The van der Waals surface area contributed by atoms with E-state index in [0.29, 0.717) is 19.7 Å². The number of thiazole rings is 1. The molecule has 1 atom stereocenters. The van der Waals surface area contributed by atoms with E-state index in [4.69, 9.17) is 4.74 Å². The van der Waals surface area contributed by atoms with Crippen molar-refractivity contribution in [3.63, 3.8) is 0 Å². The lowest BCUT2D eigenvalue weighted by Crippen LogP contribution is -2.32. The van der Waals surface area contributed by atoms with Crippen LogP contribution in [0.2, 0.25) is 0 Å². The van der Waals surface area contributed by atoms with E-state index in [1.54, 1.807) is 32.9 Å². The van der Waals surface area contributed by atoms with Crippen molar-refractivity contribution in [2.45, 2.75) is 42.0 Å². The molecule has 0 aliphatic rings. The second-order valence-corrected chi connectivity index (χ2v) is 10.4. The fourth-order valence-electron chi connectivity index (χ4n) is 2.67. The number of nitrogens with zero attached hydrogens (tertiary/aromatic N) is 1. The highest BCUT2D eigenvalue weighted by Gasteiger charge is 2.18. The summed E-state index contributed by atoms with van der Waals surface area (Å²) in [5.41, 5.74) is 0.947. The fourth-order valence-corrected chi connectivity index (χ4v) is 4.98. The maximum atomic E-state index is 13.1. The van der Waals surface area contributed by atoms with Gasteiger partial charge in [0.15, 0.2) is 0 Å². The summed E-state index contributed by atoms with van der Waals surface area (Å²) in [5, 5.41) is 12.7. The number of hydrogen-bond acceptors (Lipinski definition) is 6. The molecule has 0 aliphatic carbocycles. The van der Waals surface area contributed by atoms with E-state index in [2.05, 4.69) is 10.3 Å². The number of ether oxygens (including phenoxy) is 1. The van der Waals surface area contributed by atoms with Crippen LogP contribution in [0.1, 0.15) is 36.1 Å². The molecule has 0 saturated carbocycles. The number of carbonyl (C=O) groups is 2. The van der Waals surface area contributed by atoms with Crippen molar-refractivity contribution in [1.29, 1.82) is 0 Å². The number of aromatic nitrogens is 1. The van der Waals surface area contributed by atoms with Crippen molar-refractivity contribution >= 4 is 34.2 Å². The Morgan fingerprint density at radius 1 is 1.13 bits per heavy atom. The number of carboxylic acid groups (broad SMARTS) is 1. The molecule has 0 radical (unpaired) electrons. The lowest BCUT2D eigenvalue weighted by molar-refractivity contribution is 0.0523. The van der Waals surface area contributed by atoms with E-state index in [9.17, 15) is 18.9 Å². The summed E-state index contributed by atoms with van der Waals surface area (Å²) < 4.78 is 18.8. The molecule has 1 amide bonds. The molecule has 2 aromatic carbocycles. The van der Waals surface area contributed by atoms with E-state index in [0.717, 1.165) is 5.56 Å². The SMILES string of the molecule is CC(C)(C)OC(=O)NCc1ncc(S(=O)c2cc(C(=O)O)cc(-c3ccccc3)c2)s1. The van der Waals surface area contributed by atoms with Gasteiger partial charge in [0.1, 0.15) is 14.8 Å². The topological polar surface area (TPSA) is 106 Å². The minimum Gasteiger partial charge on any atom is -0.478 e. The zero-order valence-corrected chi connectivity index (χ0v) is 18.9. The van der Waals surface area contributed by atoms with Gasteiger partial charge in [0.25, 0.3) is 0 Å². The van der Waals surface area contributed by atoms with Crippen molar-refractivity contribution in [3.05, 3.63) is 65.3 Å². The van der Waals surface area contributed by atoms with E-state index < -0.39 is 28.5 Å². The average Bonchev–Trinajstić information content (AvgIpc) is 3.20. The summed E-state index contributed by atoms with van der Waals surface area (Å²) in [6, 6.07) is 14.0. The lowest BCUT2D eigenvalue weighted by Gasteiger charge is -2.19. The summed E-state index contributed by atoms with van der Waals surface area (Å²) in [6.07, 6.45) is 0.912. The first kappa shape index (κ1) is 22.6. The van der Waals surface area contributed by atoms with Gasteiger partial charge in [-0.2, -0.15) is 0 Å². The highest BCUT2D eigenvalue weighted by atomic mass is 32.2. The predicted octanol–water partition coefficient (Wildman–Crippen LogP) is 4.70. The van der Waals surface area contributed by atoms with Crippen molar-refractivity contribution in [2.24, 2.45) is 0 Å². The van der Waals surface area contributed by atoms with Crippen molar-refractivity contribution in [3.8, 4) is 11.1 Å². The van der Waals surface area contributed by atoms with E-state index in [-0.39, 0.29) is 12.1 Å². The normalized spacial score (nSPS) is 12.2. The number of carbonyl (C=O) groups excluding carboxylic acids is 1. The Labute approximate surface area is 186 Å². The minimum atomic E-state index is -1.62. The first-order valence-electron chi connectivity index (χ1n) is 9.39. The van der Waals surface area contributed by atoms with Gasteiger partial charge in [-0.05, 0) is 50.1 Å². The highest BCUT2D eigenvalue weighted by Crippen LogP contribution is 2.28. The molecule has 3 rings (SSSR count). The first-order valence-corrected chi connectivity index (χ1v) is 11.4. The Morgan fingerprint density at radius 2 is 1.84 bits per heavy atom. The van der Waals surface area contributed by atoms with Crippen LogP contribution >= 0.6 is 11.3 Å². The van der Waals surface area contributed by atoms with Crippen LogP contribution in [0.25, 0.3) is 11.1 Å². The zero-order chi connectivity index (χ0) is 22.6. The number of alkyl carbamates (subject to hydrolysis) is 1. The molecule has 0 fully saturated rings. The Balaban J connectivity index is 1.81. The summed E-state index contributed by atoms with van der Waals surface area (Å²) in [6.45, 7) is 5.45. The van der Waals surface area contributed by atoms with E-state index in [1.807, 2.05) is 30.3 Å². The van der Waals surface area contributed by atoms with Gasteiger partial charge in [0.05, 0.1) is 29.1 Å². The van der Waals surface area contributed by atoms with E-state index >= 15 is 0 Å². The zero-order valence-electron chi connectivity index (χ0n) is 17.2. The molecule has 9 heteroatoms. The molecule has 0 spiro atoms. The number of benzene rings is 2. The molecule has 1 aromatic heterocycles. The number of carboxylic acids is 1. The Morgan fingerprint density at radius 3 is 2.48 bits per heavy atom. The van der Waals surface area contributed by atoms with Crippen LogP contribution in [0.5, 0.6) is 0 Å². The Hall–Kier alpha value is -3.04. The lowest BCUT2D eigenvalue weighted by atomic mass is 10.0. The summed E-state index contributed by atoms with van der Waals surface area (Å²) in [5.74, 6) is -1.09. The molecule has 2 N–H and O–H groups in total. The second kappa shape index (κ2) is 9.40. The largest absolute Gasteiger partial charge is 0.478 e. The maximum Gasteiger partial charge on any atom is 0.408 e. The minimum absolute atomic E-state index is 0.0565. The molecule has 1 heterocycles. The number of amides is 1. The summed E-state index contributed by atoms with van der Waals surface area (Å²) in [7, 11) is -1.62. The van der Waals surface area contributed by atoms with Crippen LogP contribution in [-0.4, -0.2) is 32.0 Å². The van der Waals surface area contributed by atoms with Crippen molar-refractivity contribution < 1.29 is 23.6 Å². The van der Waals surface area contributed by atoms with Crippen LogP contribution < -0.4 is 5.32 Å². The Kier molecular flexibility index (Phi) is 6.87. The van der Waals surface area contributed by atoms with Crippen LogP contribution in [0.15, 0.2) is 63.8 Å². The highest BCUT2D eigenvalue weighted by molar-refractivity contribution is 7.87. The molecule has 31 heavy (non-hydrogen) atoms. The van der Waals surface area contributed by atoms with Crippen LogP contribution in [-0.2, 0) is 22.1 Å². The second-order valence-electron chi connectivity index (χ2n) is 7.61. The van der Waals surface area contributed by atoms with Gasteiger partial charge in [0, 0.05) is 4.90 Å². The number of hydrogen-bond donors (Lipinski definition) is 2. The summed E-state index contributed by atoms with van der Waals surface area (Å²) >= 11 is 1.18. The third-order valence-corrected chi connectivity index (χ3v) is 6.60. The third kappa shape index (κ3) is 6.22. The monoisotopic (exact) mass is 458 g/mol. The molecular formula is C22H22N2O5S2. The number of rotatable bonds is 6. The number of nitrogens with one attached hydrogen (secondary N) is 1. The van der Waals surface area contributed by atoms with Gasteiger partial charge in [-0.25, -0.2) is 18.8 Å². The smallest absolute Gasteiger partial charge is 0.408 e. The molecule has 1 unspecified atom stereocenters. The van der Waals surface area contributed by atoms with Gasteiger partial charge in [-0.15, -0.1) is 11.3 Å². The van der Waals surface area contributed by atoms with Crippen LogP contribution in [0, 0.1) is 0 Å². The van der Waals surface area contributed by atoms with Gasteiger partial charge in [0.2, 0.25) is 0 Å². The van der Waals surface area contributed by atoms with Crippen LogP contribution in [0.3, 0.4) is 0 Å². The quantitative estimate of drug-likeness (QED) is 0.555. The molecule has 7 nitrogen and oxygen atoms in total. The molecule has 0 saturated heterocycles. The summed E-state index contributed by atoms with van der Waals surface area (Å²) in [4.78, 5) is 28.0. The average molecular weight is 459 g/mol. The fraction of sp³-hybridized carbons (Fsp3) is 0.227. The van der Waals surface area contributed by atoms with Gasteiger partial charge in [-0.1, -0.05) is 30.3 Å². The number of aromatic carboxylic acids is 1. The predicted molar refractivity (Wildman–Crippen MR) is 119 cm³/mol. The van der Waals surface area contributed by atoms with Gasteiger partial charge in [-0.3, -0.25) is 0 Å². The molecule has 3 aromatic rings. The van der Waals surface area contributed by atoms with Crippen molar-refractivity contribution in [2.75, 3.05) is 0 Å². The molecule has 0 aliphatic heterocycles. The maximum absolute atomic E-state index is 13.1. The molecule has 0 bridgehead atoms. The Bertz CT molecular complexity index is 1120. The molecule has 162 valence electrons. The van der Waals surface area contributed by atoms with Crippen LogP contribution in [0.4, 0.5) is 4.79 Å². The standard InChI is InChI=1S/C22H22N2O5S2/c1-22(2,3)29-21(27)24-12-18-23-13-19(30-18)31(28)17-10-15(9-16(11-17)20(25)26)14-7-5-4-6-8-14/h4-11,13H,12H2,1-3H3,(H,24,27)(H,25,26). The van der Waals surface area contributed by atoms with Crippen molar-refractivity contribution in [1.82, 2.24) is 10.3 Å². The van der Waals surface area contributed by atoms with E-state index in [1.165, 1.54) is 23.6 Å². The van der Waals surface area contributed by atoms with Gasteiger partial charge >= 0.3 is 12.1 Å². The first-order chi connectivity index (χ1) is 14.6. The van der Waals surface area contributed by atoms with Gasteiger partial charge < -0.3 is 15.2 Å². The third-order valence-electron chi connectivity index (χ3n) is 3.97. The molecular weight excluding hydrogens is 436 g/mol.